The van der Waals surface area contributed by atoms with Crippen molar-refractivity contribution in [2.45, 2.75) is 45.1 Å². The Morgan fingerprint density at radius 1 is 0.659 bits per heavy atom. The average molecular weight is 1250 g/mol. The van der Waals surface area contributed by atoms with Crippen LogP contribution >= 0.6 is 0 Å². The van der Waals surface area contributed by atoms with Crippen LogP contribution in [-0.2, 0) is 71.3 Å². The predicted octanol–water partition coefficient (Wildman–Crippen LogP) is 4.83. The Morgan fingerprint density at radius 2 is 1.16 bits per heavy atom. The third kappa shape index (κ3) is 26.1. The van der Waals surface area contributed by atoms with Crippen molar-refractivity contribution in [2.24, 2.45) is 10.7 Å². The normalized spacial score (nSPS) is 13.8. The fourth-order valence-electron chi connectivity index (χ4n) is 8.28. The summed E-state index contributed by atoms with van der Waals surface area (Å²) in [5.74, 6) is -10.0. The number of aliphatic imine (C=N–C) groups is 1. The summed E-state index contributed by atoms with van der Waals surface area (Å²) < 4.78 is 117. The van der Waals surface area contributed by atoms with Crippen molar-refractivity contribution >= 4 is 47.4 Å². The van der Waals surface area contributed by atoms with Crippen LogP contribution in [0.3, 0.4) is 0 Å². The highest BCUT2D eigenvalue weighted by Gasteiger charge is 2.35. The maximum atomic E-state index is 13.7. The van der Waals surface area contributed by atoms with E-state index in [4.69, 9.17) is 62.7 Å². The van der Waals surface area contributed by atoms with E-state index in [1.54, 1.807) is 43.4 Å². The Kier molecular flexibility index (Phi) is 33.9. The van der Waals surface area contributed by atoms with Gasteiger partial charge in [-0.15, -0.1) is 0 Å². The van der Waals surface area contributed by atoms with Gasteiger partial charge in [-0.05, 0) is 49.1 Å². The molecule has 1 atom stereocenters. The zero-order valence-electron chi connectivity index (χ0n) is 50.1. The number of ether oxygens (including phenoxy) is 12. The number of nitrogens with two attached hydrogens (primary N) is 1. The van der Waals surface area contributed by atoms with Gasteiger partial charge in [0, 0.05) is 69.1 Å². The number of nitrogens with zero attached hydrogens (tertiary/aromatic N) is 5. The first-order chi connectivity index (χ1) is 42.7. The molecule has 29 heteroatoms. The zero-order chi connectivity index (χ0) is 63.3. The van der Waals surface area contributed by atoms with Crippen LogP contribution in [0.25, 0.3) is 17.2 Å². The molecule has 2 aliphatic heterocycles. The number of benzene rings is 2. The van der Waals surface area contributed by atoms with E-state index in [0.29, 0.717) is 141 Å². The number of hydrogen-bond acceptors (Lipinski definition) is 21. The molecular weight excluding hydrogens is 1170 g/mol. The molecule has 1 aromatic heterocycles. The topological polar surface area (TPSA) is 278 Å². The number of nitrogens with one attached hydrogen (secondary N) is 1. The molecule has 3 heterocycles. The highest BCUT2D eigenvalue weighted by atomic mass is 19.2. The first kappa shape index (κ1) is 72.0. The largest absolute Gasteiger partial charge is 0.447 e. The number of amidine groups is 1. The number of likely N-dealkylation sites (N-methyl/N-ethyl adjacent to an activating group) is 1. The molecule has 4 amide bonds. The van der Waals surface area contributed by atoms with Gasteiger partial charge in [-0.1, -0.05) is 19.1 Å². The molecule has 0 bridgehead atoms. The molecule has 5 rings (SSSR count). The van der Waals surface area contributed by atoms with E-state index < -0.39 is 59.5 Å². The van der Waals surface area contributed by atoms with Gasteiger partial charge in [-0.25, -0.2) is 23.6 Å². The molecule has 88 heavy (non-hydrogen) atoms. The second-order valence-electron chi connectivity index (χ2n) is 19.5. The van der Waals surface area contributed by atoms with Gasteiger partial charge in [-0.2, -0.15) is 8.78 Å². The summed E-state index contributed by atoms with van der Waals surface area (Å²) >= 11 is 0. The molecule has 2 aromatic carbocycles. The van der Waals surface area contributed by atoms with Gasteiger partial charge in [0.15, 0.2) is 11.6 Å². The third-order valence-corrected chi connectivity index (χ3v) is 12.6. The van der Waals surface area contributed by atoms with Crippen LogP contribution in [0.15, 0.2) is 53.2 Å². The van der Waals surface area contributed by atoms with Gasteiger partial charge in [0.1, 0.15) is 18.5 Å². The van der Waals surface area contributed by atoms with E-state index in [-0.39, 0.29) is 89.5 Å². The lowest BCUT2D eigenvalue weighted by Gasteiger charge is -2.26. The van der Waals surface area contributed by atoms with Gasteiger partial charge in [0.05, 0.1) is 157 Å². The molecule has 1 saturated heterocycles. The van der Waals surface area contributed by atoms with E-state index >= 15 is 0 Å². The summed E-state index contributed by atoms with van der Waals surface area (Å²) in [6, 6.07) is 8.46. The minimum Gasteiger partial charge on any atom is -0.447 e. The van der Waals surface area contributed by atoms with Crippen LogP contribution < -0.4 is 15.8 Å². The maximum absolute atomic E-state index is 13.7. The van der Waals surface area contributed by atoms with E-state index in [1.165, 1.54) is 9.96 Å². The zero-order valence-corrected chi connectivity index (χ0v) is 50.1. The SMILES string of the molecule is CCCN(OCCNC(=O)OCCOCCOCCOCCOCCOCCOCCOCCOCCOCCOCCC(=O)Oc1c(F)c(F)cc(F)c1F)C(=O)C1=Cc2ncc(-c3ccc(C(=O)N4CCCC4C(=O)N(C)C)cc3)cc2N=C(N)C1. The molecule has 0 spiro atoms. The molecule has 3 N–H and O–H groups in total. The lowest BCUT2D eigenvalue weighted by molar-refractivity contribution is -0.181. The summed E-state index contributed by atoms with van der Waals surface area (Å²) in [4.78, 5) is 81.9. The lowest BCUT2D eigenvalue weighted by Crippen LogP contribution is -2.45. The van der Waals surface area contributed by atoms with Crippen molar-refractivity contribution in [3.63, 3.8) is 0 Å². The molecule has 25 nitrogen and oxygen atoms in total. The number of likely N-dealkylation sites (tertiary alicyclic amines) is 1. The van der Waals surface area contributed by atoms with Gasteiger partial charge in [0.25, 0.3) is 11.8 Å². The summed E-state index contributed by atoms with van der Waals surface area (Å²) in [5, 5.41) is 3.82. The summed E-state index contributed by atoms with van der Waals surface area (Å²) in [6.07, 6.45) is 4.27. The number of esters is 1. The van der Waals surface area contributed by atoms with Gasteiger partial charge in [0.2, 0.25) is 23.3 Å². The number of hydroxylamine groups is 2. The molecule has 0 saturated carbocycles. The number of rotatable bonds is 44. The number of aromatic nitrogens is 1. The Bertz CT molecular complexity index is 2670. The van der Waals surface area contributed by atoms with E-state index in [2.05, 4.69) is 20.0 Å². The van der Waals surface area contributed by atoms with Gasteiger partial charge < -0.3 is 77.7 Å². The highest BCUT2D eigenvalue weighted by Crippen LogP contribution is 2.32. The Balaban J connectivity index is 0.766. The monoisotopic (exact) mass is 1250 g/mol. The number of fused-ring (bicyclic) bond motifs is 1. The van der Waals surface area contributed by atoms with E-state index in [0.717, 1.165) is 17.5 Å². The van der Waals surface area contributed by atoms with Crippen molar-refractivity contribution < 1.29 is 103 Å². The van der Waals surface area contributed by atoms with Crippen molar-refractivity contribution in [3.05, 3.63) is 82.7 Å². The minimum atomic E-state index is -1.81. The fourth-order valence-corrected chi connectivity index (χ4v) is 8.28. The quantitative estimate of drug-likeness (QED) is 0.0191. The summed E-state index contributed by atoms with van der Waals surface area (Å²) in [5.41, 5.74) is 9.56. The van der Waals surface area contributed by atoms with Crippen LogP contribution in [0.2, 0.25) is 0 Å². The predicted molar refractivity (Wildman–Crippen MR) is 308 cm³/mol. The van der Waals surface area contributed by atoms with Crippen LogP contribution in [-0.4, -0.2) is 241 Å². The van der Waals surface area contributed by atoms with Crippen molar-refractivity contribution in [1.29, 1.82) is 0 Å². The summed E-state index contributed by atoms with van der Waals surface area (Å²) in [6.45, 7) is 8.86. The minimum absolute atomic E-state index is 0.0108. The lowest BCUT2D eigenvalue weighted by atomic mass is 10.0. The fraction of sp³-hybridized carbons (Fsp3) is 0.576. The Labute approximate surface area is 508 Å². The number of hydrogen-bond donors (Lipinski definition) is 2. The maximum Gasteiger partial charge on any atom is 0.407 e. The third-order valence-electron chi connectivity index (χ3n) is 12.6. The molecule has 1 unspecified atom stereocenters. The molecule has 0 aliphatic carbocycles. The number of carbonyl (C=O) groups is 5. The molecule has 1 fully saturated rings. The Morgan fingerprint density at radius 3 is 1.66 bits per heavy atom. The molecule has 0 radical (unpaired) electrons. The number of halogens is 4. The van der Waals surface area contributed by atoms with Crippen molar-refractivity contribution in [2.75, 3.05) is 179 Å². The van der Waals surface area contributed by atoms with Crippen LogP contribution in [0.1, 0.15) is 55.1 Å². The smallest absolute Gasteiger partial charge is 0.407 e. The number of amides is 4. The molecule has 3 aromatic rings. The first-order valence-electron chi connectivity index (χ1n) is 29.0. The van der Waals surface area contributed by atoms with Gasteiger partial charge >= 0.3 is 12.1 Å². The number of carbonyl (C=O) groups excluding carboxylic acids is 5. The standard InChI is InChI=1S/C59H81F4N7O18/c1-4-13-70(57(73)44-37-48-49(67-51(64)39-44)38-45(41-66-48)42-7-9-43(10-8-42)56(72)69-14-5-6-50(69)58(74)68(2)3)87-16-12-65-59(75)86-36-35-85-34-33-84-32-31-83-30-29-82-28-27-81-26-25-80-24-23-79-22-21-78-20-19-77-18-17-76-15-11-52(71)88-55-53(62)46(60)40-47(61)54(55)63/h7-10,37-38,40-41,50H,4-6,11-36,39H2,1-3H3,(H2,64,67)(H,65,75). The molecular formula is C59H81F4N7O18. The van der Waals surface area contributed by atoms with Crippen LogP contribution in [0, 0.1) is 23.3 Å². The second-order valence-corrected chi connectivity index (χ2v) is 19.5. The number of alkyl carbamates (subject to hydrolysis) is 1. The van der Waals surface area contributed by atoms with Gasteiger partial charge in [-0.3, -0.25) is 29.0 Å². The Hall–Kier alpha value is -6.77. The molecule has 488 valence electrons. The summed E-state index contributed by atoms with van der Waals surface area (Å²) in [7, 11) is 3.38. The highest BCUT2D eigenvalue weighted by molar-refractivity contribution is 6.05. The first-order valence-corrected chi connectivity index (χ1v) is 29.0. The van der Waals surface area contributed by atoms with Crippen LogP contribution in [0.5, 0.6) is 5.75 Å². The van der Waals surface area contributed by atoms with Crippen molar-refractivity contribution in [1.82, 2.24) is 25.2 Å². The van der Waals surface area contributed by atoms with Crippen LogP contribution in [0.4, 0.5) is 28.0 Å². The van der Waals surface area contributed by atoms with E-state index in [9.17, 15) is 41.5 Å². The molecule has 2 aliphatic rings. The van der Waals surface area contributed by atoms with Crippen molar-refractivity contribution in [3.8, 4) is 16.9 Å². The second kappa shape index (κ2) is 41.4. The average Bonchev–Trinajstić information content (AvgIpc) is 3.82. The van der Waals surface area contributed by atoms with E-state index in [1.807, 2.05) is 25.1 Å². The number of pyridine rings is 1.